The first-order chi connectivity index (χ1) is 13.0. The van der Waals surface area contributed by atoms with E-state index in [9.17, 15) is 13.2 Å². The van der Waals surface area contributed by atoms with Gasteiger partial charge in [0.05, 0.1) is 17.1 Å². The molecule has 0 aliphatic heterocycles. The Hall–Kier alpha value is -3.19. The minimum atomic E-state index is -3.71. The van der Waals surface area contributed by atoms with Gasteiger partial charge in [0.1, 0.15) is 0 Å². The molecule has 0 unspecified atom stereocenters. The maximum atomic E-state index is 12.5. The second kappa shape index (κ2) is 8.01. The van der Waals surface area contributed by atoms with Crippen LogP contribution in [0.1, 0.15) is 16.1 Å². The van der Waals surface area contributed by atoms with E-state index in [1.165, 1.54) is 29.2 Å². The minimum Gasteiger partial charge on any atom is -0.336 e. The fraction of sp³-hybridized carbons (Fsp3) is 0.100. The Morgan fingerprint density at radius 1 is 0.963 bits per heavy atom. The van der Waals surface area contributed by atoms with E-state index in [2.05, 4.69) is 9.71 Å². The number of benzene rings is 2. The SMILES string of the molecule is CN(Cc1ccccn1)C(=O)c1ccc(S(=O)(=O)Nc2ccccc2)cc1. The second-order valence-electron chi connectivity index (χ2n) is 5.98. The molecule has 0 aliphatic carbocycles. The zero-order valence-corrected chi connectivity index (χ0v) is 15.6. The number of amides is 1. The maximum Gasteiger partial charge on any atom is 0.261 e. The summed E-state index contributed by atoms with van der Waals surface area (Å²) in [6.45, 7) is 0.370. The summed E-state index contributed by atoms with van der Waals surface area (Å²) in [5.41, 5.74) is 1.67. The molecule has 27 heavy (non-hydrogen) atoms. The van der Waals surface area contributed by atoms with Gasteiger partial charge in [-0.2, -0.15) is 0 Å². The van der Waals surface area contributed by atoms with Crippen LogP contribution in [0.3, 0.4) is 0 Å². The summed E-state index contributed by atoms with van der Waals surface area (Å²) in [5.74, 6) is -0.208. The molecule has 0 saturated carbocycles. The van der Waals surface area contributed by atoms with Gasteiger partial charge in [-0.3, -0.25) is 14.5 Å². The average molecular weight is 381 g/mol. The zero-order chi connectivity index (χ0) is 19.3. The lowest BCUT2D eigenvalue weighted by atomic mass is 10.2. The highest BCUT2D eigenvalue weighted by Gasteiger charge is 2.17. The Morgan fingerprint density at radius 2 is 1.63 bits per heavy atom. The third-order valence-corrected chi connectivity index (χ3v) is 5.31. The lowest BCUT2D eigenvalue weighted by molar-refractivity contribution is 0.0783. The van der Waals surface area contributed by atoms with Crippen LogP contribution in [0.25, 0.3) is 0 Å². The lowest BCUT2D eigenvalue weighted by Gasteiger charge is -2.17. The monoisotopic (exact) mass is 381 g/mol. The molecule has 3 aromatic rings. The lowest BCUT2D eigenvalue weighted by Crippen LogP contribution is -2.26. The van der Waals surface area contributed by atoms with Crippen molar-refractivity contribution in [1.29, 1.82) is 0 Å². The molecule has 6 nitrogen and oxygen atoms in total. The van der Waals surface area contributed by atoms with Crippen molar-refractivity contribution in [3.8, 4) is 0 Å². The van der Waals surface area contributed by atoms with Gasteiger partial charge in [0.15, 0.2) is 0 Å². The molecule has 1 aromatic heterocycles. The van der Waals surface area contributed by atoms with Crippen molar-refractivity contribution in [2.45, 2.75) is 11.4 Å². The van der Waals surface area contributed by atoms with E-state index in [1.54, 1.807) is 43.6 Å². The van der Waals surface area contributed by atoms with Crippen LogP contribution in [-0.4, -0.2) is 31.3 Å². The Kier molecular flexibility index (Phi) is 5.52. The normalized spacial score (nSPS) is 11.0. The molecule has 2 aromatic carbocycles. The molecule has 138 valence electrons. The van der Waals surface area contributed by atoms with Gasteiger partial charge < -0.3 is 4.90 Å². The highest BCUT2D eigenvalue weighted by Crippen LogP contribution is 2.17. The van der Waals surface area contributed by atoms with Crippen molar-refractivity contribution in [2.75, 3.05) is 11.8 Å². The first kappa shape index (κ1) is 18.6. The number of nitrogens with zero attached hydrogens (tertiary/aromatic N) is 2. The molecule has 1 amide bonds. The molecule has 0 radical (unpaired) electrons. The number of nitrogens with one attached hydrogen (secondary N) is 1. The largest absolute Gasteiger partial charge is 0.336 e. The fourth-order valence-corrected chi connectivity index (χ4v) is 3.58. The van der Waals surface area contributed by atoms with Crippen LogP contribution < -0.4 is 4.72 Å². The van der Waals surface area contributed by atoms with Crippen LogP contribution in [0.15, 0.2) is 83.9 Å². The predicted molar refractivity (Wildman–Crippen MR) is 104 cm³/mol. The molecule has 0 spiro atoms. The quantitative estimate of drug-likeness (QED) is 0.711. The number of carbonyl (C=O) groups excluding carboxylic acids is 1. The molecule has 0 fully saturated rings. The summed E-state index contributed by atoms with van der Waals surface area (Å²) in [6, 6.07) is 20.0. The maximum absolute atomic E-state index is 12.5. The molecular formula is C20H19N3O3S. The van der Waals surface area contributed by atoms with Crippen molar-refractivity contribution < 1.29 is 13.2 Å². The highest BCUT2D eigenvalue weighted by atomic mass is 32.2. The van der Waals surface area contributed by atoms with Crippen LogP contribution in [0.4, 0.5) is 5.69 Å². The number of carbonyl (C=O) groups is 1. The molecule has 0 saturated heterocycles. The number of hydrogen-bond acceptors (Lipinski definition) is 4. The van der Waals surface area contributed by atoms with E-state index in [0.29, 0.717) is 17.8 Å². The Morgan fingerprint density at radius 3 is 2.26 bits per heavy atom. The average Bonchev–Trinajstić information content (AvgIpc) is 2.69. The van der Waals surface area contributed by atoms with Crippen molar-refractivity contribution >= 4 is 21.6 Å². The topological polar surface area (TPSA) is 79.4 Å². The first-order valence-corrected chi connectivity index (χ1v) is 9.77. The third kappa shape index (κ3) is 4.71. The Bertz CT molecular complexity index is 1010. The van der Waals surface area contributed by atoms with Crippen LogP contribution in [-0.2, 0) is 16.6 Å². The molecule has 7 heteroatoms. The van der Waals surface area contributed by atoms with Gasteiger partial charge in [0.25, 0.3) is 15.9 Å². The van der Waals surface area contributed by atoms with Gasteiger partial charge in [-0.15, -0.1) is 0 Å². The van der Waals surface area contributed by atoms with Crippen LogP contribution in [0.2, 0.25) is 0 Å². The summed E-state index contributed by atoms with van der Waals surface area (Å²) < 4.78 is 27.4. The van der Waals surface area contributed by atoms with Crippen molar-refractivity contribution in [1.82, 2.24) is 9.88 Å². The molecule has 0 bridgehead atoms. The number of aromatic nitrogens is 1. The summed E-state index contributed by atoms with van der Waals surface area (Å²) >= 11 is 0. The van der Waals surface area contributed by atoms with Crippen LogP contribution in [0, 0.1) is 0 Å². The van der Waals surface area contributed by atoms with Gasteiger partial charge in [0, 0.05) is 24.5 Å². The number of rotatable bonds is 6. The number of sulfonamides is 1. The van der Waals surface area contributed by atoms with Crippen LogP contribution in [0.5, 0.6) is 0 Å². The predicted octanol–water partition coefficient (Wildman–Crippen LogP) is 3.15. The molecule has 0 aliphatic rings. The molecule has 0 atom stereocenters. The second-order valence-corrected chi connectivity index (χ2v) is 7.66. The summed E-state index contributed by atoms with van der Waals surface area (Å²) in [6.07, 6.45) is 1.67. The minimum absolute atomic E-state index is 0.0929. The Balaban J connectivity index is 1.71. The van der Waals surface area contributed by atoms with Gasteiger partial charge >= 0.3 is 0 Å². The van der Waals surface area contributed by atoms with Gasteiger partial charge in [0.2, 0.25) is 0 Å². The van der Waals surface area contributed by atoms with E-state index in [1.807, 2.05) is 18.2 Å². The van der Waals surface area contributed by atoms with Crippen molar-refractivity contribution in [3.05, 3.63) is 90.3 Å². The van der Waals surface area contributed by atoms with E-state index < -0.39 is 10.0 Å². The van der Waals surface area contributed by atoms with Gasteiger partial charge in [-0.05, 0) is 48.5 Å². The van der Waals surface area contributed by atoms with Gasteiger partial charge in [-0.1, -0.05) is 24.3 Å². The molecule has 1 N–H and O–H groups in total. The van der Waals surface area contributed by atoms with Crippen molar-refractivity contribution in [2.24, 2.45) is 0 Å². The Labute approximate surface area is 158 Å². The third-order valence-electron chi connectivity index (χ3n) is 3.91. The molecular weight excluding hydrogens is 362 g/mol. The number of anilines is 1. The standard InChI is InChI=1S/C20H19N3O3S/c1-23(15-18-9-5-6-14-21-18)20(24)16-10-12-19(13-11-16)27(25,26)22-17-7-3-2-4-8-17/h2-14,22H,15H2,1H3. The first-order valence-electron chi connectivity index (χ1n) is 8.29. The van der Waals surface area contributed by atoms with E-state index in [4.69, 9.17) is 0 Å². The number of hydrogen-bond donors (Lipinski definition) is 1. The summed E-state index contributed by atoms with van der Waals surface area (Å²) in [5, 5.41) is 0. The summed E-state index contributed by atoms with van der Waals surface area (Å²) in [7, 11) is -2.03. The van der Waals surface area contributed by atoms with E-state index >= 15 is 0 Å². The molecule has 1 heterocycles. The molecule has 3 rings (SSSR count). The zero-order valence-electron chi connectivity index (χ0n) is 14.7. The van der Waals surface area contributed by atoms with E-state index in [0.717, 1.165) is 5.69 Å². The number of pyridine rings is 1. The van der Waals surface area contributed by atoms with Crippen molar-refractivity contribution in [3.63, 3.8) is 0 Å². The van der Waals surface area contributed by atoms with Crippen LogP contribution >= 0.6 is 0 Å². The smallest absolute Gasteiger partial charge is 0.261 e. The van der Waals surface area contributed by atoms with E-state index in [-0.39, 0.29) is 10.8 Å². The summed E-state index contributed by atoms with van der Waals surface area (Å²) in [4.78, 5) is 18.4. The number of para-hydroxylation sites is 1. The van der Waals surface area contributed by atoms with Gasteiger partial charge in [-0.25, -0.2) is 8.42 Å². The highest BCUT2D eigenvalue weighted by molar-refractivity contribution is 7.92. The fourth-order valence-electron chi connectivity index (χ4n) is 2.52.